The van der Waals surface area contributed by atoms with Crippen molar-refractivity contribution in [3.05, 3.63) is 83.7 Å². The second-order valence-electron chi connectivity index (χ2n) is 8.39. The minimum Gasteiger partial charge on any atom is -0.456 e. The van der Waals surface area contributed by atoms with Crippen molar-refractivity contribution < 1.29 is 14.3 Å². The van der Waals surface area contributed by atoms with E-state index >= 15 is 0 Å². The van der Waals surface area contributed by atoms with Gasteiger partial charge in [-0.15, -0.1) is 0 Å². The van der Waals surface area contributed by atoms with Crippen LogP contribution in [-0.2, 0) is 17.8 Å². The number of rotatable bonds is 6. The molecule has 0 saturated heterocycles. The Labute approximate surface area is 207 Å². The van der Waals surface area contributed by atoms with E-state index in [1.165, 1.54) is 19.3 Å². The summed E-state index contributed by atoms with van der Waals surface area (Å²) in [7, 11) is 0. The van der Waals surface area contributed by atoms with E-state index in [1.54, 1.807) is 28.9 Å². The summed E-state index contributed by atoms with van der Waals surface area (Å²) in [5, 5.41) is 14.2. The molecule has 0 saturated carbocycles. The van der Waals surface area contributed by atoms with Gasteiger partial charge in [0.15, 0.2) is 5.49 Å². The number of fused-ring (bicyclic) bond motifs is 1. The maximum Gasteiger partial charge on any atom is 0.262 e. The summed E-state index contributed by atoms with van der Waals surface area (Å²) in [5.41, 5.74) is 2.23. The van der Waals surface area contributed by atoms with Gasteiger partial charge in [0, 0.05) is 25.7 Å². The highest BCUT2D eigenvalue weighted by Crippen LogP contribution is 2.24. The van der Waals surface area contributed by atoms with Crippen molar-refractivity contribution in [3.8, 4) is 17.2 Å². The maximum atomic E-state index is 13.3. The van der Waals surface area contributed by atoms with Gasteiger partial charge in [-0.3, -0.25) is 19.7 Å². The van der Waals surface area contributed by atoms with E-state index < -0.39 is 0 Å². The Morgan fingerprint density at radius 1 is 0.972 bits per heavy atom. The Kier molecular flexibility index (Phi) is 6.31. The van der Waals surface area contributed by atoms with Crippen molar-refractivity contribution in [2.24, 2.45) is 0 Å². The van der Waals surface area contributed by atoms with Gasteiger partial charge in [-0.25, -0.2) is 14.6 Å². The predicted molar refractivity (Wildman–Crippen MR) is 133 cm³/mol. The molecule has 2 amide bonds. The maximum absolute atomic E-state index is 13.3. The number of benzene rings is 1. The van der Waals surface area contributed by atoms with Gasteiger partial charge < -0.3 is 15.4 Å². The first-order chi connectivity index (χ1) is 17.5. The topological polar surface area (TPSA) is 127 Å². The largest absolute Gasteiger partial charge is 0.456 e. The third-order valence-electron chi connectivity index (χ3n) is 5.80. The standard InChI is InChI=1S/C26H25N7O3/c1-17(34)30-23-15-19(12-13-28-23)36-20-10-11-22(29-16-20)31-26(35)24-21-9-5-6-14-32(21)33(25(24)27)18-7-3-2-4-8-18/h2-4,7-8,10-13,15-16,27H,5-6,9,14H2,1H3,(H,28,30,34)(H,29,31,35). The normalized spacial score (nSPS) is 12.5. The number of para-hydroxylation sites is 1. The zero-order valence-corrected chi connectivity index (χ0v) is 19.7. The summed E-state index contributed by atoms with van der Waals surface area (Å²) >= 11 is 0. The molecule has 10 heteroatoms. The Morgan fingerprint density at radius 2 is 1.81 bits per heavy atom. The molecule has 1 aliphatic heterocycles. The number of hydrogen-bond acceptors (Lipinski definition) is 6. The second kappa shape index (κ2) is 9.87. The fraction of sp³-hybridized carbons (Fsp3) is 0.192. The number of pyridine rings is 2. The van der Waals surface area contributed by atoms with E-state index in [-0.39, 0.29) is 17.3 Å². The molecular formula is C26H25N7O3. The average molecular weight is 484 g/mol. The average Bonchev–Trinajstić information content (AvgIpc) is 3.17. The quantitative estimate of drug-likeness (QED) is 0.384. The minimum atomic E-state index is -0.365. The molecule has 0 unspecified atom stereocenters. The highest BCUT2D eigenvalue weighted by Gasteiger charge is 2.26. The van der Waals surface area contributed by atoms with Crippen LogP contribution in [0.5, 0.6) is 11.5 Å². The molecule has 10 nitrogen and oxygen atoms in total. The summed E-state index contributed by atoms with van der Waals surface area (Å²) in [6, 6.07) is 16.2. The van der Waals surface area contributed by atoms with E-state index in [2.05, 4.69) is 20.6 Å². The van der Waals surface area contributed by atoms with Gasteiger partial charge >= 0.3 is 0 Å². The van der Waals surface area contributed by atoms with E-state index in [4.69, 9.17) is 10.1 Å². The molecule has 4 aromatic rings. The van der Waals surface area contributed by atoms with Gasteiger partial charge in [-0.05, 0) is 49.6 Å². The first kappa shape index (κ1) is 23.0. The van der Waals surface area contributed by atoms with Crippen LogP contribution >= 0.6 is 0 Å². The predicted octanol–water partition coefficient (Wildman–Crippen LogP) is 3.89. The molecule has 3 N–H and O–H groups in total. The summed E-state index contributed by atoms with van der Waals surface area (Å²) in [4.78, 5) is 32.9. The van der Waals surface area contributed by atoms with Crippen LogP contribution in [0, 0.1) is 5.41 Å². The Hall–Kier alpha value is -4.73. The third-order valence-corrected chi connectivity index (χ3v) is 5.80. The lowest BCUT2D eigenvalue weighted by molar-refractivity contribution is -0.114. The molecule has 1 aliphatic rings. The van der Waals surface area contributed by atoms with E-state index in [0.29, 0.717) is 28.7 Å². The van der Waals surface area contributed by atoms with Crippen molar-refractivity contribution in [3.63, 3.8) is 0 Å². The number of anilines is 2. The molecule has 182 valence electrons. The smallest absolute Gasteiger partial charge is 0.262 e. The van der Waals surface area contributed by atoms with Crippen LogP contribution in [0.4, 0.5) is 11.6 Å². The molecule has 0 spiro atoms. The first-order valence-corrected chi connectivity index (χ1v) is 11.6. The zero-order chi connectivity index (χ0) is 25.1. The van der Waals surface area contributed by atoms with Crippen LogP contribution in [0.3, 0.4) is 0 Å². The molecule has 0 atom stereocenters. The van der Waals surface area contributed by atoms with Gasteiger partial charge in [0.05, 0.1) is 17.6 Å². The van der Waals surface area contributed by atoms with Crippen molar-refractivity contribution in [1.82, 2.24) is 19.3 Å². The number of aromatic nitrogens is 4. The lowest BCUT2D eigenvalue weighted by Gasteiger charge is -2.19. The molecule has 5 rings (SSSR count). The van der Waals surface area contributed by atoms with Gasteiger partial charge in [-0.2, -0.15) is 0 Å². The second-order valence-corrected chi connectivity index (χ2v) is 8.39. The highest BCUT2D eigenvalue weighted by atomic mass is 16.5. The van der Waals surface area contributed by atoms with Crippen molar-refractivity contribution >= 4 is 23.5 Å². The third kappa shape index (κ3) is 4.74. The lowest BCUT2D eigenvalue weighted by Crippen LogP contribution is -2.26. The van der Waals surface area contributed by atoms with Gasteiger partial charge in [0.2, 0.25) is 5.91 Å². The number of nitrogens with one attached hydrogen (secondary N) is 3. The molecular weight excluding hydrogens is 458 g/mol. The SMILES string of the molecule is CC(=O)Nc1cc(Oc2ccc(NC(=O)c3c4n(n(-c5ccccc5)c3=N)CCCC4)nc2)ccn1. The molecule has 3 aromatic heterocycles. The van der Waals surface area contributed by atoms with E-state index in [0.717, 1.165) is 37.2 Å². The van der Waals surface area contributed by atoms with Crippen LogP contribution in [0.1, 0.15) is 35.8 Å². The summed E-state index contributed by atoms with van der Waals surface area (Å²) in [6.07, 6.45) is 5.74. The fourth-order valence-corrected chi connectivity index (χ4v) is 4.29. The Balaban J connectivity index is 1.35. The van der Waals surface area contributed by atoms with Crippen molar-refractivity contribution in [1.29, 1.82) is 5.41 Å². The molecule has 0 radical (unpaired) electrons. The van der Waals surface area contributed by atoms with Gasteiger partial charge in [-0.1, -0.05) is 18.2 Å². The minimum absolute atomic E-state index is 0.156. The van der Waals surface area contributed by atoms with Crippen molar-refractivity contribution in [2.45, 2.75) is 32.7 Å². The number of nitrogens with zero attached hydrogens (tertiary/aromatic N) is 4. The number of hydrogen-bond donors (Lipinski definition) is 3. The van der Waals surface area contributed by atoms with Crippen LogP contribution in [0.2, 0.25) is 0 Å². The molecule has 36 heavy (non-hydrogen) atoms. The number of carbonyl (C=O) groups is 2. The highest BCUT2D eigenvalue weighted by molar-refractivity contribution is 6.04. The van der Waals surface area contributed by atoms with E-state index in [9.17, 15) is 9.59 Å². The first-order valence-electron chi connectivity index (χ1n) is 11.6. The van der Waals surface area contributed by atoms with E-state index in [1.807, 2.05) is 35.0 Å². The number of carbonyl (C=O) groups excluding carboxylic acids is 2. The zero-order valence-electron chi connectivity index (χ0n) is 19.7. The fourth-order valence-electron chi connectivity index (χ4n) is 4.29. The summed E-state index contributed by atoms with van der Waals surface area (Å²) < 4.78 is 9.62. The molecule has 1 aromatic carbocycles. The summed E-state index contributed by atoms with van der Waals surface area (Å²) in [5.74, 6) is 1.08. The van der Waals surface area contributed by atoms with Crippen LogP contribution in [-0.4, -0.2) is 31.1 Å². The summed E-state index contributed by atoms with van der Waals surface area (Å²) in [6.45, 7) is 2.16. The molecule has 0 fully saturated rings. The van der Waals surface area contributed by atoms with Crippen molar-refractivity contribution in [2.75, 3.05) is 10.6 Å². The monoisotopic (exact) mass is 483 g/mol. The van der Waals surface area contributed by atoms with Crippen LogP contribution in [0.15, 0.2) is 67.0 Å². The lowest BCUT2D eigenvalue weighted by atomic mass is 10.1. The van der Waals surface area contributed by atoms with Gasteiger partial charge in [0.25, 0.3) is 5.91 Å². The van der Waals surface area contributed by atoms with Crippen LogP contribution < -0.4 is 20.9 Å². The Bertz CT molecular complexity index is 1470. The van der Waals surface area contributed by atoms with Gasteiger partial charge in [0.1, 0.15) is 28.7 Å². The number of amides is 2. The molecule has 4 heterocycles. The molecule has 0 aliphatic carbocycles. The Morgan fingerprint density at radius 3 is 2.56 bits per heavy atom. The van der Waals surface area contributed by atoms with Crippen LogP contribution in [0.25, 0.3) is 5.69 Å². The molecule has 0 bridgehead atoms. The number of ether oxygens (including phenoxy) is 1.